The van der Waals surface area contributed by atoms with Crippen LogP contribution < -0.4 is 14.9 Å². The van der Waals surface area contributed by atoms with Crippen LogP contribution >= 0.6 is 0 Å². The number of rotatable bonds is 5. The van der Waals surface area contributed by atoms with Crippen LogP contribution in [0.4, 0.5) is 5.69 Å². The van der Waals surface area contributed by atoms with Crippen molar-refractivity contribution in [1.29, 1.82) is 0 Å². The lowest BCUT2D eigenvalue weighted by molar-refractivity contribution is -0.116. The van der Waals surface area contributed by atoms with E-state index in [4.69, 9.17) is 0 Å². The number of anilines is 1. The summed E-state index contributed by atoms with van der Waals surface area (Å²) < 4.78 is 27.9. The summed E-state index contributed by atoms with van der Waals surface area (Å²) in [4.78, 5) is 13.0. The van der Waals surface area contributed by atoms with Crippen molar-refractivity contribution < 1.29 is 13.2 Å². The van der Waals surface area contributed by atoms with Gasteiger partial charge in [0.15, 0.2) is 0 Å². The van der Waals surface area contributed by atoms with Crippen LogP contribution in [0.1, 0.15) is 24.1 Å². The minimum atomic E-state index is -3.62. The fourth-order valence-electron chi connectivity index (χ4n) is 3.08. The summed E-state index contributed by atoms with van der Waals surface area (Å²) in [5, 5.41) is 3.36. The maximum atomic E-state index is 12.6. The minimum Gasteiger partial charge on any atom is -0.316 e. The predicted molar refractivity (Wildman–Crippen MR) is 102 cm³/mol. The summed E-state index contributed by atoms with van der Waals surface area (Å²) in [5.74, 6) is -0.110. The first-order valence-electron chi connectivity index (χ1n) is 8.54. The van der Waals surface area contributed by atoms with E-state index in [2.05, 4.69) is 16.1 Å². The van der Waals surface area contributed by atoms with E-state index >= 15 is 0 Å². The summed E-state index contributed by atoms with van der Waals surface area (Å²) in [6, 6.07) is 14.3. The molecule has 1 aliphatic rings. The van der Waals surface area contributed by atoms with E-state index < -0.39 is 10.0 Å². The van der Waals surface area contributed by atoms with E-state index in [9.17, 15) is 13.2 Å². The number of nitrogens with zero attached hydrogens (tertiary/aromatic N) is 1. The van der Waals surface area contributed by atoms with Crippen molar-refractivity contribution in [2.45, 2.75) is 24.3 Å². The van der Waals surface area contributed by atoms with E-state index in [0.29, 0.717) is 5.69 Å². The molecule has 2 aromatic carbocycles. The van der Waals surface area contributed by atoms with Gasteiger partial charge in [-0.05, 0) is 48.4 Å². The second-order valence-electron chi connectivity index (χ2n) is 6.38. The molecule has 3 rings (SSSR count). The highest BCUT2D eigenvalue weighted by Crippen LogP contribution is 2.23. The number of benzene rings is 2. The average Bonchev–Trinajstić information content (AvgIpc) is 2.65. The van der Waals surface area contributed by atoms with Gasteiger partial charge in [0.05, 0.1) is 4.90 Å². The fourth-order valence-corrected chi connectivity index (χ4v) is 4.13. The zero-order valence-electron chi connectivity index (χ0n) is 14.9. The summed E-state index contributed by atoms with van der Waals surface area (Å²) >= 11 is 0. The van der Waals surface area contributed by atoms with E-state index in [1.165, 1.54) is 29.5 Å². The lowest BCUT2D eigenvalue weighted by Gasteiger charge is -2.27. The molecule has 7 heteroatoms. The highest BCUT2D eigenvalue weighted by molar-refractivity contribution is 7.89. The largest absolute Gasteiger partial charge is 0.316 e. The van der Waals surface area contributed by atoms with Gasteiger partial charge in [0.25, 0.3) is 0 Å². The number of hydrogen-bond donors (Lipinski definition) is 2. The molecule has 2 N–H and O–H groups in total. The predicted octanol–water partition coefficient (Wildman–Crippen LogP) is 1.83. The van der Waals surface area contributed by atoms with Crippen LogP contribution in [-0.4, -0.2) is 34.5 Å². The van der Waals surface area contributed by atoms with Gasteiger partial charge in [-0.2, -0.15) is 0 Å². The normalized spacial score (nSPS) is 16.8. The molecule has 2 aromatic rings. The Morgan fingerprint density at radius 1 is 1.19 bits per heavy atom. The fraction of sp³-hybridized carbons (Fsp3) is 0.316. The molecule has 1 aliphatic heterocycles. The van der Waals surface area contributed by atoms with Crippen LogP contribution in [0, 0.1) is 0 Å². The van der Waals surface area contributed by atoms with Crippen molar-refractivity contribution in [2.75, 3.05) is 25.0 Å². The summed E-state index contributed by atoms with van der Waals surface area (Å²) in [6.45, 7) is 2.57. The highest BCUT2D eigenvalue weighted by atomic mass is 32.2. The number of nitrogens with one attached hydrogen (secondary N) is 2. The third-order valence-corrected chi connectivity index (χ3v) is 6.14. The average molecular weight is 373 g/mol. The maximum absolute atomic E-state index is 12.6. The van der Waals surface area contributed by atoms with Gasteiger partial charge in [0, 0.05) is 32.2 Å². The van der Waals surface area contributed by atoms with Crippen molar-refractivity contribution in [3.63, 3.8) is 0 Å². The van der Waals surface area contributed by atoms with E-state index in [1.807, 2.05) is 18.2 Å². The second-order valence-corrected chi connectivity index (χ2v) is 8.15. The molecule has 6 nitrogen and oxygen atoms in total. The Hall–Kier alpha value is -2.22. The van der Waals surface area contributed by atoms with E-state index in [-0.39, 0.29) is 23.4 Å². The first kappa shape index (κ1) is 18.6. The monoisotopic (exact) mass is 373 g/mol. The zero-order chi connectivity index (χ0) is 18.7. The molecule has 26 heavy (non-hydrogen) atoms. The van der Waals surface area contributed by atoms with Gasteiger partial charge < -0.3 is 10.2 Å². The van der Waals surface area contributed by atoms with Crippen molar-refractivity contribution in [2.24, 2.45) is 0 Å². The smallest absolute Gasteiger partial charge is 0.240 e. The molecule has 138 valence electrons. The number of carbonyl (C=O) groups is 1. The van der Waals surface area contributed by atoms with Crippen molar-refractivity contribution in [3.05, 3.63) is 59.7 Å². The number of fused-ring (bicyclic) bond motifs is 1. The van der Waals surface area contributed by atoms with Crippen molar-refractivity contribution in [1.82, 2.24) is 10.0 Å². The molecule has 0 aromatic heterocycles. The second kappa shape index (κ2) is 7.57. The van der Waals surface area contributed by atoms with Gasteiger partial charge in [0.1, 0.15) is 0 Å². The van der Waals surface area contributed by atoms with E-state index in [0.717, 1.165) is 18.5 Å². The molecule has 0 aliphatic carbocycles. The van der Waals surface area contributed by atoms with Gasteiger partial charge in [-0.25, -0.2) is 13.1 Å². The van der Waals surface area contributed by atoms with Crippen LogP contribution in [-0.2, 0) is 21.2 Å². The molecule has 1 atom stereocenters. The molecular weight excluding hydrogens is 350 g/mol. The Kier molecular flexibility index (Phi) is 5.41. The Balaban J connectivity index is 1.71. The number of sulfonamides is 1. The summed E-state index contributed by atoms with van der Waals surface area (Å²) in [5.41, 5.74) is 3.05. The third kappa shape index (κ3) is 3.95. The lowest BCUT2D eigenvalue weighted by atomic mass is 9.95. The van der Waals surface area contributed by atoms with E-state index in [1.54, 1.807) is 19.2 Å². The van der Waals surface area contributed by atoms with Crippen molar-refractivity contribution in [3.8, 4) is 0 Å². The van der Waals surface area contributed by atoms with Gasteiger partial charge in [-0.1, -0.05) is 24.3 Å². The minimum absolute atomic E-state index is 0.0437. The van der Waals surface area contributed by atoms with Crippen LogP contribution in [0.5, 0.6) is 0 Å². The molecule has 0 saturated carbocycles. The Labute approximate surface area is 154 Å². The van der Waals surface area contributed by atoms with Gasteiger partial charge in [-0.15, -0.1) is 0 Å². The third-order valence-electron chi connectivity index (χ3n) is 4.70. The Bertz CT molecular complexity index is 895. The molecule has 0 fully saturated rings. The molecule has 0 saturated heterocycles. The number of amides is 1. The van der Waals surface area contributed by atoms with Crippen molar-refractivity contribution >= 4 is 21.6 Å². The summed E-state index contributed by atoms with van der Waals surface area (Å²) in [7, 11) is -1.97. The Morgan fingerprint density at radius 2 is 1.88 bits per heavy atom. The lowest BCUT2D eigenvalue weighted by Crippen LogP contribution is -2.38. The molecule has 1 heterocycles. The highest BCUT2D eigenvalue weighted by Gasteiger charge is 2.22. The van der Waals surface area contributed by atoms with Crippen LogP contribution in [0.15, 0.2) is 53.4 Å². The quantitative estimate of drug-likeness (QED) is 0.838. The first-order chi connectivity index (χ1) is 12.4. The maximum Gasteiger partial charge on any atom is 0.240 e. The van der Waals surface area contributed by atoms with Gasteiger partial charge >= 0.3 is 0 Å². The molecule has 0 radical (unpaired) electrons. The first-order valence-corrected chi connectivity index (χ1v) is 10.0. The zero-order valence-corrected chi connectivity index (χ0v) is 15.7. The molecule has 0 spiro atoms. The summed E-state index contributed by atoms with van der Waals surface area (Å²) in [6.07, 6.45) is 0.949. The standard InChI is InChI=1S/C19H23N3O3S/c1-14(23)22(2)16-7-9-17(10-8-16)26(24,25)21-13-19-18-6-4-3-5-15(18)11-12-20-19/h3-10,19-21H,11-13H2,1-2H3. The molecule has 0 bridgehead atoms. The van der Waals surface area contributed by atoms with Crippen LogP contribution in [0.3, 0.4) is 0 Å². The molecule has 1 amide bonds. The van der Waals surface area contributed by atoms with Crippen LogP contribution in [0.2, 0.25) is 0 Å². The van der Waals surface area contributed by atoms with Crippen LogP contribution in [0.25, 0.3) is 0 Å². The van der Waals surface area contributed by atoms with Gasteiger partial charge in [0.2, 0.25) is 15.9 Å². The number of carbonyl (C=O) groups excluding carboxylic acids is 1. The SMILES string of the molecule is CC(=O)N(C)c1ccc(S(=O)(=O)NCC2NCCc3ccccc32)cc1. The van der Waals surface area contributed by atoms with Gasteiger partial charge in [-0.3, -0.25) is 4.79 Å². The number of hydrogen-bond acceptors (Lipinski definition) is 4. The Morgan fingerprint density at radius 3 is 2.58 bits per heavy atom. The molecule has 1 unspecified atom stereocenters. The topological polar surface area (TPSA) is 78.5 Å². The molecular formula is C19H23N3O3S.